The molecule has 5 nitrogen and oxygen atoms in total. The molecule has 0 atom stereocenters. The molecule has 0 aliphatic rings. The molecule has 2 rings (SSSR count). The number of hydrogen-bond donors (Lipinski definition) is 2. The van der Waals surface area contributed by atoms with Crippen LogP contribution in [0.1, 0.15) is 20.7 Å². The van der Waals surface area contributed by atoms with Crippen molar-refractivity contribution in [3.8, 4) is 0 Å². The van der Waals surface area contributed by atoms with Crippen LogP contribution in [0.25, 0.3) is 0 Å². The molecule has 0 spiro atoms. The third kappa shape index (κ3) is 3.44. The Kier molecular flexibility index (Phi) is 4.32. The second kappa shape index (κ2) is 6.17. The fourth-order valence-corrected chi connectivity index (χ4v) is 1.82. The average molecular weight is 294 g/mol. The molecule has 1 aromatic carbocycles. The van der Waals surface area contributed by atoms with Crippen LogP contribution in [-0.4, -0.2) is 28.1 Å². The third-order valence-corrected chi connectivity index (χ3v) is 2.86. The van der Waals surface area contributed by atoms with Gasteiger partial charge in [-0.3, -0.25) is 4.79 Å². The van der Waals surface area contributed by atoms with E-state index in [1.165, 1.54) is 0 Å². The molecule has 2 N–H and O–H groups in total. The summed E-state index contributed by atoms with van der Waals surface area (Å²) in [6.45, 7) is 0.705. The molecule has 110 valence electrons. The smallest absolute Gasteiger partial charge is 0.336 e. The van der Waals surface area contributed by atoms with Gasteiger partial charge in [0, 0.05) is 25.5 Å². The quantitative estimate of drug-likeness (QED) is 0.884. The van der Waals surface area contributed by atoms with Crippen LogP contribution in [0.2, 0.25) is 0 Å². The SMILES string of the molecule is O=C(O)c1cc(F)c(F)cc1C(=O)NCCn1cccc1. The summed E-state index contributed by atoms with van der Waals surface area (Å²) < 4.78 is 28.0. The number of nitrogens with one attached hydrogen (secondary N) is 1. The number of benzene rings is 1. The highest BCUT2D eigenvalue weighted by molar-refractivity contribution is 6.04. The topological polar surface area (TPSA) is 71.3 Å². The van der Waals surface area contributed by atoms with Gasteiger partial charge in [-0.1, -0.05) is 0 Å². The third-order valence-electron chi connectivity index (χ3n) is 2.86. The lowest BCUT2D eigenvalue weighted by Gasteiger charge is -2.09. The zero-order valence-corrected chi connectivity index (χ0v) is 10.8. The maximum Gasteiger partial charge on any atom is 0.336 e. The van der Waals surface area contributed by atoms with E-state index in [9.17, 15) is 18.4 Å². The van der Waals surface area contributed by atoms with Crippen LogP contribution in [0, 0.1) is 11.6 Å². The summed E-state index contributed by atoms with van der Waals surface area (Å²) in [4.78, 5) is 22.9. The monoisotopic (exact) mass is 294 g/mol. The van der Waals surface area contributed by atoms with E-state index >= 15 is 0 Å². The number of hydrogen-bond acceptors (Lipinski definition) is 2. The van der Waals surface area contributed by atoms with Crippen molar-refractivity contribution in [2.75, 3.05) is 6.54 Å². The Bertz CT molecular complexity index is 669. The van der Waals surface area contributed by atoms with Crippen molar-refractivity contribution < 1.29 is 23.5 Å². The van der Waals surface area contributed by atoms with Crippen molar-refractivity contribution >= 4 is 11.9 Å². The van der Waals surface area contributed by atoms with Crippen molar-refractivity contribution in [1.82, 2.24) is 9.88 Å². The van der Waals surface area contributed by atoms with Gasteiger partial charge < -0.3 is 15.0 Å². The van der Waals surface area contributed by atoms with Crippen LogP contribution in [0.4, 0.5) is 8.78 Å². The van der Waals surface area contributed by atoms with E-state index in [0.717, 1.165) is 0 Å². The molecule has 1 amide bonds. The highest BCUT2D eigenvalue weighted by Crippen LogP contribution is 2.15. The van der Waals surface area contributed by atoms with E-state index in [2.05, 4.69) is 5.32 Å². The van der Waals surface area contributed by atoms with E-state index in [-0.39, 0.29) is 6.54 Å². The highest BCUT2D eigenvalue weighted by Gasteiger charge is 2.20. The van der Waals surface area contributed by atoms with Crippen LogP contribution in [0.3, 0.4) is 0 Å². The van der Waals surface area contributed by atoms with E-state index in [4.69, 9.17) is 5.11 Å². The zero-order valence-electron chi connectivity index (χ0n) is 10.8. The molecule has 0 saturated carbocycles. The Morgan fingerprint density at radius 1 is 1.10 bits per heavy atom. The molecule has 0 fully saturated rings. The first kappa shape index (κ1) is 14.7. The molecule has 1 aromatic heterocycles. The number of carboxylic acid groups (broad SMARTS) is 1. The second-order valence-electron chi connectivity index (χ2n) is 4.29. The van der Waals surface area contributed by atoms with Gasteiger partial charge in [-0.15, -0.1) is 0 Å². The summed E-state index contributed by atoms with van der Waals surface area (Å²) >= 11 is 0. The minimum absolute atomic E-state index is 0.228. The number of rotatable bonds is 5. The molecule has 0 aliphatic carbocycles. The standard InChI is InChI=1S/C14H12F2N2O3/c15-11-7-9(10(14(20)21)8-12(11)16)13(19)17-3-6-18-4-1-2-5-18/h1-2,4-5,7-8H,3,6H2,(H,17,19)(H,20,21). The van der Waals surface area contributed by atoms with Gasteiger partial charge in [0.05, 0.1) is 11.1 Å². The van der Waals surface area contributed by atoms with E-state index in [1.807, 2.05) is 16.7 Å². The van der Waals surface area contributed by atoms with Gasteiger partial charge in [-0.25, -0.2) is 13.6 Å². The summed E-state index contributed by atoms with van der Waals surface area (Å²) in [6, 6.07) is 4.72. The first-order valence-corrected chi connectivity index (χ1v) is 6.10. The molecule has 2 aromatic rings. The first-order chi connectivity index (χ1) is 9.99. The molecule has 21 heavy (non-hydrogen) atoms. The zero-order chi connectivity index (χ0) is 15.4. The Balaban J connectivity index is 2.11. The summed E-state index contributed by atoms with van der Waals surface area (Å²) in [5, 5.41) is 11.4. The van der Waals surface area contributed by atoms with Gasteiger partial charge in [0.2, 0.25) is 0 Å². The highest BCUT2D eigenvalue weighted by atomic mass is 19.2. The molecule has 0 bridgehead atoms. The van der Waals surface area contributed by atoms with Crippen LogP contribution >= 0.6 is 0 Å². The number of aromatic carboxylic acids is 1. The van der Waals surface area contributed by atoms with Crippen molar-refractivity contribution in [2.45, 2.75) is 6.54 Å². The molecule has 0 aliphatic heterocycles. The number of aromatic nitrogens is 1. The molecule has 1 heterocycles. The Labute approximate surface area is 118 Å². The van der Waals surface area contributed by atoms with Crippen molar-refractivity contribution in [2.24, 2.45) is 0 Å². The van der Waals surface area contributed by atoms with Crippen LogP contribution in [0.5, 0.6) is 0 Å². The van der Waals surface area contributed by atoms with Crippen molar-refractivity contribution in [3.05, 3.63) is 59.4 Å². The van der Waals surface area contributed by atoms with Gasteiger partial charge >= 0.3 is 5.97 Å². The summed E-state index contributed by atoms with van der Waals surface area (Å²) in [5.74, 6) is -4.84. The maximum atomic E-state index is 13.2. The Morgan fingerprint density at radius 3 is 2.24 bits per heavy atom. The van der Waals surface area contributed by atoms with Crippen LogP contribution in [-0.2, 0) is 6.54 Å². The fourth-order valence-electron chi connectivity index (χ4n) is 1.82. The Morgan fingerprint density at radius 2 is 1.67 bits per heavy atom. The molecule has 0 unspecified atom stereocenters. The van der Waals surface area contributed by atoms with E-state index in [1.54, 1.807) is 12.4 Å². The molecular weight excluding hydrogens is 282 g/mol. The number of carbonyl (C=O) groups is 2. The number of halogens is 2. The van der Waals surface area contributed by atoms with Gasteiger partial charge in [-0.05, 0) is 24.3 Å². The van der Waals surface area contributed by atoms with Crippen LogP contribution < -0.4 is 5.32 Å². The number of amides is 1. The largest absolute Gasteiger partial charge is 0.478 e. The van der Waals surface area contributed by atoms with Gasteiger partial charge in [-0.2, -0.15) is 0 Å². The van der Waals surface area contributed by atoms with E-state index < -0.39 is 34.6 Å². The van der Waals surface area contributed by atoms with Gasteiger partial charge in [0.25, 0.3) is 5.91 Å². The van der Waals surface area contributed by atoms with Crippen molar-refractivity contribution in [1.29, 1.82) is 0 Å². The van der Waals surface area contributed by atoms with Gasteiger partial charge in [0.1, 0.15) is 0 Å². The predicted molar refractivity (Wildman–Crippen MR) is 70.1 cm³/mol. The second-order valence-corrected chi connectivity index (χ2v) is 4.29. The average Bonchev–Trinajstić information content (AvgIpc) is 2.94. The predicted octanol–water partition coefficient (Wildman–Crippen LogP) is 1.89. The molecule has 0 saturated heterocycles. The summed E-state index contributed by atoms with van der Waals surface area (Å²) in [5.41, 5.74) is -0.985. The number of carboxylic acids is 1. The molecular formula is C14H12F2N2O3. The lowest BCUT2D eigenvalue weighted by atomic mass is 10.1. The van der Waals surface area contributed by atoms with Crippen LogP contribution in [0.15, 0.2) is 36.7 Å². The molecule has 0 radical (unpaired) electrons. The molecule has 7 heteroatoms. The number of nitrogens with zero attached hydrogens (tertiary/aromatic N) is 1. The lowest BCUT2D eigenvalue weighted by Crippen LogP contribution is -2.28. The Hall–Kier alpha value is -2.70. The fraction of sp³-hybridized carbons (Fsp3) is 0.143. The van der Waals surface area contributed by atoms with Gasteiger partial charge in [0.15, 0.2) is 11.6 Å². The van der Waals surface area contributed by atoms with Crippen molar-refractivity contribution in [3.63, 3.8) is 0 Å². The summed E-state index contributed by atoms with van der Waals surface area (Å²) in [6.07, 6.45) is 3.60. The normalized spacial score (nSPS) is 10.4. The first-order valence-electron chi connectivity index (χ1n) is 6.10. The summed E-state index contributed by atoms with van der Waals surface area (Å²) in [7, 11) is 0. The maximum absolute atomic E-state index is 13.2. The minimum atomic E-state index is -1.50. The van der Waals surface area contributed by atoms with E-state index in [0.29, 0.717) is 18.7 Å². The number of carbonyl (C=O) groups excluding carboxylic acids is 1. The minimum Gasteiger partial charge on any atom is -0.478 e. The lowest BCUT2D eigenvalue weighted by molar-refractivity contribution is 0.0690.